The van der Waals surface area contributed by atoms with E-state index in [2.05, 4.69) is 59.8 Å². The van der Waals surface area contributed by atoms with Crippen LogP contribution in [0.5, 0.6) is 23.0 Å². The Morgan fingerprint density at radius 2 is 0.616 bits per heavy atom. The molecule has 0 unspecified atom stereocenters. The van der Waals surface area contributed by atoms with Crippen molar-refractivity contribution in [2.75, 3.05) is 40.4 Å². The van der Waals surface area contributed by atoms with Gasteiger partial charge in [0.05, 0.1) is 143 Å². The van der Waals surface area contributed by atoms with Crippen molar-refractivity contribution < 1.29 is 38.1 Å². The molecule has 0 saturated heterocycles. The minimum atomic E-state index is -0.632. The van der Waals surface area contributed by atoms with Gasteiger partial charge in [0.1, 0.15) is 46.3 Å². The first-order valence-corrected chi connectivity index (χ1v) is 36.7. The van der Waals surface area contributed by atoms with Gasteiger partial charge in [-0.25, -0.2) is 39.9 Å². The number of rotatable bonds is 14. The van der Waals surface area contributed by atoms with Gasteiger partial charge in [-0.15, -0.1) is 0 Å². The Bertz CT molecular complexity index is 5600. The van der Waals surface area contributed by atoms with Gasteiger partial charge < -0.3 is 18.9 Å². The second kappa shape index (κ2) is 30.7. The van der Waals surface area contributed by atoms with Crippen molar-refractivity contribution in [2.24, 2.45) is 0 Å². The second-order valence-corrected chi connectivity index (χ2v) is 30.0. The minimum absolute atomic E-state index is 0.00450. The van der Waals surface area contributed by atoms with Crippen LogP contribution in [0.25, 0.3) is 44.5 Å². The smallest absolute Gasteiger partial charge is 0.241 e. The fourth-order valence-corrected chi connectivity index (χ4v) is 14.0. The Balaban J connectivity index is 0.000000131. The molecule has 0 spiro atoms. The van der Waals surface area contributed by atoms with Gasteiger partial charge in [-0.2, -0.15) is 0 Å². The molecule has 8 aromatic heterocycles. The van der Waals surface area contributed by atoms with Crippen molar-refractivity contribution >= 4 is 69.1 Å². The number of carbonyl (C=O) groups is 4. The molecular formula is C88H88N16O8. The van der Waals surface area contributed by atoms with E-state index in [9.17, 15) is 19.2 Å². The lowest BCUT2D eigenvalue weighted by molar-refractivity contribution is -0.122. The summed E-state index contributed by atoms with van der Waals surface area (Å²) in [5, 5.41) is 0. The van der Waals surface area contributed by atoms with Gasteiger partial charge in [0, 0.05) is 96.1 Å². The van der Waals surface area contributed by atoms with Crippen molar-refractivity contribution in [3.8, 4) is 67.5 Å². The third kappa shape index (κ3) is 14.9. The molecule has 4 amide bonds. The normalized spacial score (nSPS) is 14.9. The van der Waals surface area contributed by atoms with E-state index in [1.165, 1.54) is 0 Å². The highest BCUT2D eigenvalue weighted by Crippen LogP contribution is 2.52. The van der Waals surface area contributed by atoms with E-state index in [-0.39, 0.29) is 29.7 Å². The highest BCUT2D eigenvalue weighted by molar-refractivity contribution is 6.16. The van der Waals surface area contributed by atoms with Crippen LogP contribution in [-0.2, 0) is 40.8 Å². The monoisotopic (exact) mass is 1500 g/mol. The van der Waals surface area contributed by atoms with Crippen LogP contribution >= 0.6 is 0 Å². The van der Waals surface area contributed by atoms with Crippen LogP contribution in [0.3, 0.4) is 0 Å². The zero-order valence-corrected chi connectivity index (χ0v) is 66.1. The van der Waals surface area contributed by atoms with Crippen molar-refractivity contribution in [1.29, 1.82) is 0 Å². The van der Waals surface area contributed by atoms with Gasteiger partial charge in [-0.1, -0.05) is 48.5 Å². The molecule has 16 rings (SSSR count). The summed E-state index contributed by atoms with van der Waals surface area (Å²) >= 11 is 0. The number of pyridine rings is 4. The number of aryl methyl sites for hydroxylation is 5. The van der Waals surface area contributed by atoms with E-state index in [1.807, 2.05) is 208 Å². The summed E-state index contributed by atoms with van der Waals surface area (Å²) in [7, 11) is 3.19. The maximum Gasteiger partial charge on any atom is 0.241 e. The zero-order chi connectivity index (χ0) is 79.9. The topological polar surface area (TPSA) is 273 Å². The summed E-state index contributed by atoms with van der Waals surface area (Å²) in [6.45, 7) is 31.2. The first kappa shape index (κ1) is 77.1. The number of aromatic nitrogens is 12. The van der Waals surface area contributed by atoms with E-state index < -0.39 is 21.7 Å². The second-order valence-electron chi connectivity index (χ2n) is 30.0. The van der Waals surface area contributed by atoms with Gasteiger partial charge in [0.15, 0.2) is 0 Å². The third-order valence-corrected chi connectivity index (χ3v) is 20.3. The van der Waals surface area contributed by atoms with Crippen molar-refractivity contribution in [3.05, 3.63) is 241 Å². The first-order chi connectivity index (χ1) is 53.4. The van der Waals surface area contributed by atoms with Crippen LogP contribution < -0.4 is 38.5 Å². The lowest BCUT2D eigenvalue weighted by Gasteiger charge is -2.21. The van der Waals surface area contributed by atoms with Crippen LogP contribution in [0.4, 0.5) is 45.5 Å². The average molecular weight is 1500 g/mol. The van der Waals surface area contributed by atoms with E-state index in [0.29, 0.717) is 52.4 Å². The molecule has 0 atom stereocenters. The van der Waals surface area contributed by atoms with Crippen molar-refractivity contribution in [3.63, 3.8) is 0 Å². The van der Waals surface area contributed by atoms with Gasteiger partial charge >= 0.3 is 0 Å². The molecule has 0 radical (unpaired) electrons. The lowest BCUT2D eigenvalue weighted by Crippen LogP contribution is -2.33. The Kier molecular flexibility index (Phi) is 21.1. The average Bonchev–Trinajstić information content (AvgIpc) is 1.60. The molecule has 568 valence electrons. The first-order valence-electron chi connectivity index (χ1n) is 36.7. The van der Waals surface area contributed by atoms with Gasteiger partial charge in [0.25, 0.3) is 0 Å². The molecule has 0 aliphatic carbocycles. The fraction of sp³-hybridized carbons (Fsp3) is 0.273. The molecule has 0 N–H and O–H groups in total. The lowest BCUT2D eigenvalue weighted by atomic mass is 9.85. The number of ether oxygens (including phenoxy) is 4. The molecular weight excluding hydrogens is 1410 g/mol. The highest BCUT2D eigenvalue weighted by atomic mass is 16.5. The molecule has 4 aliphatic rings. The number of anilines is 8. The SMILES string of the molecule is CCOc1cncc(N2C(=O)C(C)(C)c3ccc(-c4cnc(C)nc4)cc32)c1.COc1cc(N2C(=O)C(C)(C)c3ccc(-c4cnc(C)nc4)cc32)cnc1C.COc1cncc(N2C(=O)C(C)(C)c3ccc(-c4cnc(C)nc4)cc32)c1.Cc1ncc(-c2ccc3c(c2)N(c2cncc(OC(C)C)c2)C(=O)C3(C)C)cn1. The summed E-state index contributed by atoms with van der Waals surface area (Å²) in [5.74, 6) is 5.46. The zero-order valence-electron chi connectivity index (χ0n) is 66.1. The van der Waals surface area contributed by atoms with Crippen LogP contribution in [0.2, 0.25) is 0 Å². The largest absolute Gasteiger partial charge is 0.495 e. The van der Waals surface area contributed by atoms with Crippen LogP contribution in [0, 0.1) is 34.6 Å². The number of methoxy groups -OCH3 is 2. The summed E-state index contributed by atoms with van der Waals surface area (Å²) in [6.07, 6.45) is 26.1. The van der Waals surface area contributed by atoms with Gasteiger partial charge in [-0.3, -0.25) is 58.7 Å². The summed E-state index contributed by atoms with van der Waals surface area (Å²) < 4.78 is 22.0. The van der Waals surface area contributed by atoms with Crippen LogP contribution in [-0.4, -0.2) is 110 Å². The Hall–Kier alpha value is -13.1. The summed E-state index contributed by atoms with van der Waals surface area (Å²) in [6, 6.07) is 31.6. The Morgan fingerprint density at radius 3 is 0.911 bits per heavy atom. The number of amides is 4. The molecule has 4 aromatic carbocycles. The molecule has 12 heterocycles. The highest BCUT2D eigenvalue weighted by Gasteiger charge is 2.49. The quantitative estimate of drug-likeness (QED) is 0.0978. The number of carbonyl (C=O) groups excluding carboxylic acids is 4. The Labute approximate surface area is 651 Å². The van der Waals surface area contributed by atoms with E-state index in [1.54, 1.807) is 127 Å². The summed E-state index contributed by atoms with van der Waals surface area (Å²) in [4.78, 5) is 111. The molecule has 0 fully saturated rings. The molecule has 24 nitrogen and oxygen atoms in total. The van der Waals surface area contributed by atoms with E-state index in [4.69, 9.17) is 18.9 Å². The minimum Gasteiger partial charge on any atom is -0.495 e. The maximum absolute atomic E-state index is 13.3. The summed E-state index contributed by atoms with van der Waals surface area (Å²) in [5.41, 5.74) is 15.8. The third-order valence-electron chi connectivity index (χ3n) is 20.3. The van der Waals surface area contributed by atoms with Crippen molar-refractivity contribution in [2.45, 2.75) is 139 Å². The maximum atomic E-state index is 13.3. The Morgan fingerprint density at radius 1 is 0.330 bits per heavy atom. The fourth-order valence-electron chi connectivity index (χ4n) is 14.0. The predicted octanol–water partition coefficient (Wildman–Crippen LogP) is 16.7. The van der Waals surface area contributed by atoms with Crippen LogP contribution in [0.15, 0.2) is 190 Å². The number of benzene rings is 4. The predicted molar refractivity (Wildman–Crippen MR) is 431 cm³/mol. The van der Waals surface area contributed by atoms with Gasteiger partial charge in [-0.05, 0) is 180 Å². The van der Waals surface area contributed by atoms with Crippen molar-refractivity contribution in [1.82, 2.24) is 59.8 Å². The molecule has 24 heteroatoms. The standard InChI is InChI=1S/C23H24N4O2.2C22H22N4O2.C21H20N4O2/c1-14(2)29-19-9-18(12-24-13-19)27-21-8-16(17-10-25-15(3)26-11-17)6-7-20(21)23(4,5)22(27)28;1-13-20(28-5)9-17(12-23-13)26-19-8-15(16-10-24-14(2)25-11-16)6-7-18(19)22(3,4)21(26)27;1-5-28-18-9-17(12-23-13-18)26-20-8-15(16-10-24-14(2)25-11-16)6-7-19(20)22(3,4)21(26)27;1-13-23-9-15(10-24-13)14-5-6-18-19(7-14)25(20(26)21(18,2)3)16-8-17(27-4)12-22-11-16/h6-14H,1-5H3;6-12H,1-5H3;6-13H,5H2,1-4H3;5-12H,1-4H3. The number of nitrogens with zero attached hydrogens (tertiary/aromatic N) is 16. The number of hydrogen-bond donors (Lipinski definition) is 0. The van der Waals surface area contributed by atoms with Crippen LogP contribution in [0.1, 0.15) is 127 Å². The molecule has 0 bridgehead atoms. The number of hydrogen-bond acceptors (Lipinski definition) is 20. The van der Waals surface area contributed by atoms with Gasteiger partial charge in [0.2, 0.25) is 23.6 Å². The molecule has 12 aromatic rings. The van der Waals surface area contributed by atoms with E-state index >= 15 is 0 Å². The number of fused-ring (bicyclic) bond motifs is 4. The van der Waals surface area contributed by atoms with E-state index in [0.717, 1.165) is 119 Å². The molecule has 0 saturated carbocycles. The molecule has 4 aliphatic heterocycles. The molecule has 112 heavy (non-hydrogen) atoms.